The third-order valence-electron chi connectivity index (χ3n) is 2.66. The summed E-state index contributed by atoms with van der Waals surface area (Å²) in [7, 11) is 0. The van der Waals surface area contributed by atoms with Gasteiger partial charge in [-0.05, 0) is 32.9 Å². The third kappa shape index (κ3) is 3.27. The number of aromatic nitrogens is 2. The van der Waals surface area contributed by atoms with Crippen LogP contribution in [-0.2, 0) is 0 Å². The number of aryl methyl sites for hydroxylation is 2. The van der Waals surface area contributed by atoms with Crippen LogP contribution in [0.3, 0.4) is 0 Å². The SMILES string of the molecule is Cc1ccc(C(N)=S)c(NC(C)c2ncc(C)s2)n1. The quantitative estimate of drug-likeness (QED) is 0.848. The molecule has 1 atom stereocenters. The molecular weight excluding hydrogens is 276 g/mol. The summed E-state index contributed by atoms with van der Waals surface area (Å²) in [5, 5.41) is 4.35. The second kappa shape index (κ2) is 5.63. The van der Waals surface area contributed by atoms with Crippen LogP contribution in [0.5, 0.6) is 0 Å². The number of hydrogen-bond acceptors (Lipinski definition) is 5. The average Bonchev–Trinajstić information content (AvgIpc) is 2.75. The van der Waals surface area contributed by atoms with E-state index in [1.165, 1.54) is 4.88 Å². The Kier molecular flexibility index (Phi) is 4.11. The number of rotatable bonds is 4. The number of anilines is 1. The van der Waals surface area contributed by atoms with E-state index in [0.717, 1.165) is 16.3 Å². The fourth-order valence-electron chi connectivity index (χ4n) is 1.70. The topological polar surface area (TPSA) is 63.8 Å². The summed E-state index contributed by atoms with van der Waals surface area (Å²) in [5.74, 6) is 0.716. The Morgan fingerprint density at radius 2 is 2.16 bits per heavy atom. The highest BCUT2D eigenvalue weighted by Gasteiger charge is 2.13. The lowest BCUT2D eigenvalue weighted by atomic mass is 10.2. The number of nitrogens with two attached hydrogens (primary N) is 1. The molecule has 0 spiro atoms. The van der Waals surface area contributed by atoms with Crippen LogP contribution in [0.1, 0.15) is 34.1 Å². The molecule has 0 bridgehead atoms. The molecule has 0 aliphatic heterocycles. The Hall–Kier alpha value is -1.53. The van der Waals surface area contributed by atoms with Gasteiger partial charge >= 0.3 is 0 Å². The van der Waals surface area contributed by atoms with E-state index in [1.807, 2.05) is 39.1 Å². The zero-order chi connectivity index (χ0) is 14.0. The first kappa shape index (κ1) is 13.9. The molecule has 3 N–H and O–H groups in total. The third-order valence-corrected chi connectivity index (χ3v) is 3.98. The van der Waals surface area contributed by atoms with Gasteiger partial charge < -0.3 is 11.1 Å². The summed E-state index contributed by atoms with van der Waals surface area (Å²) >= 11 is 6.72. The van der Waals surface area contributed by atoms with E-state index in [1.54, 1.807) is 11.3 Å². The number of thiazole rings is 1. The molecule has 100 valence electrons. The molecule has 6 heteroatoms. The molecule has 1 unspecified atom stereocenters. The van der Waals surface area contributed by atoms with E-state index in [2.05, 4.69) is 15.3 Å². The Bertz CT molecular complexity index is 606. The van der Waals surface area contributed by atoms with Crippen molar-refractivity contribution in [2.75, 3.05) is 5.32 Å². The zero-order valence-corrected chi connectivity index (χ0v) is 12.7. The molecule has 0 fully saturated rings. The first-order valence-electron chi connectivity index (χ1n) is 5.93. The Balaban J connectivity index is 2.27. The van der Waals surface area contributed by atoms with Gasteiger partial charge in [0.2, 0.25) is 0 Å². The molecule has 0 saturated carbocycles. The Morgan fingerprint density at radius 3 is 2.74 bits per heavy atom. The van der Waals surface area contributed by atoms with Gasteiger partial charge in [-0.3, -0.25) is 0 Å². The molecule has 0 aliphatic carbocycles. The lowest BCUT2D eigenvalue weighted by Crippen LogP contribution is -2.16. The van der Waals surface area contributed by atoms with Gasteiger partial charge in [-0.2, -0.15) is 0 Å². The zero-order valence-electron chi connectivity index (χ0n) is 11.1. The molecule has 4 nitrogen and oxygen atoms in total. The van der Waals surface area contributed by atoms with E-state index >= 15 is 0 Å². The number of hydrogen-bond donors (Lipinski definition) is 2. The Labute approximate surface area is 122 Å². The van der Waals surface area contributed by atoms with Gasteiger partial charge in [-0.1, -0.05) is 12.2 Å². The molecule has 0 amide bonds. The van der Waals surface area contributed by atoms with Crippen molar-refractivity contribution >= 4 is 34.4 Å². The molecule has 2 heterocycles. The maximum atomic E-state index is 5.72. The minimum absolute atomic E-state index is 0.0705. The highest BCUT2D eigenvalue weighted by Crippen LogP contribution is 2.24. The van der Waals surface area contributed by atoms with E-state index in [-0.39, 0.29) is 6.04 Å². The number of nitrogens with zero attached hydrogens (tertiary/aromatic N) is 2. The van der Waals surface area contributed by atoms with E-state index < -0.39 is 0 Å². The van der Waals surface area contributed by atoms with Gasteiger partial charge in [0.15, 0.2) is 0 Å². The highest BCUT2D eigenvalue weighted by molar-refractivity contribution is 7.80. The Morgan fingerprint density at radius 1 is 1.42 bits per heavy atom. The molecule has 0 saturated heterocycles. The van der Waals surface area contributed by atoms with E-state index in [9.17, 15) is 0 Å². The molecule has 0 aromatic carbocycles. The van der Waals surface area contributed by atoms with Gasteiger partial charge in [-0.25, -0.2) is 9.97 Å². The van der Waals surface area contributed by atoms with Crippen LogP contribution in [0.15, 0.2) is 18.3 Å². The van der Waals surface area contributed by atoms with Gasteiger partial charge in [0.1, 0.15) is 15.8 Å². The van der Waals surface area contributed by atoms with Crippen molar-refractivity contribution in [2.45, 2.75) is 26.8 Å². The van der Waals surface area contributed by atoms with Gasteiger partial charge in [-0.15, -0.1) is 11.3 Å². The normalized spacial score (nSPS) is 12.2. The van der Waals surface area contributed by atoms with Crippen molar-refractivity contribution < 1.29 is 0 Å². The van der Waals surface area contributed by atoms with Crippen molar-refractivity contribution in [1.29, 1.82) is 0 Å². The lowest BCUT2D eigenvalue weighted by Gasteiger charge is -2.15. The fourth-order valence-corrected chi connectivity index (χ4v) is 2.65. The van der Waals surface area contributed by atoms with Crippen LogP contribution in [0.4, 0.5) is 5.82 Å². The van der Waals surface area contributed by atoms with Crippen LogP contribution in [-0.4, -0.2) is 15.0 Å². The summed E-state index contributed by atoms with van der Waals surface area (Å²) < 4.78 is 0. The number of nitrogens with one attached hydrogen (secondary N) is 1. The van der Waals surface area contributed by atoms with Gasteiger partial charge in [0.25, 0.3) is 0 Å². The monoisotopic (exact) mass is 292 g/mol. The van der Waals surface area contributed by atoms with Crippen LogP contribution in [0.2, 0.25) is 0 Å². The van der Waals surface area contributed by atoms with Crippen LogP contribution >= 0.6 is 23.6 Å². The first-order chi connectivity index (χ1) is 8.97. The second-order valence-electron chi connectivity index (χ2n) is 4.39. The van der Waals surface area contributed by atoms with E-state index in [4.69, 9.17) is 18.0 Å². The maximum Gasteiger partial charge on any atom is 0.137 e. The molecule has 19 heavy (non-hydrogen) atoms. The molecular formula is C13H16N4S2. The van der Waals surface area contributed by atoms with Crippen molar-refractivity contribution in [3.05, 3.63) is 39.5 Å². The fraction of sp³-hybridized carbons (Fsp3) is 0.308. The summed E-state index contributed by atoms with van der Waals surface area (Å²) in [4.78, 5) is 10.4. The van der Waals surface area contributed by atoms with Gasteiger partial charge in [0.05, 0.1) is 11.6 Å². The molecule has 0 aliphatic rings. The van der Waals surface area contributed by atoms with Gasteiger partial charge in [0, 0.05) is 16.8 Å². The average molecular weight is 292 g/mol. The van der Waals surface area contributed by atoms with Crippen LogP contribution in [0.25, 0.3) is 0 Å². The minimum atomic E-state index is 0.0705. The highest BCUT2D eigenvalue weighted by atomic mass is 32.1. The summed E-state index contributed by atoms with van der Waals surface area (Å²) in [6, 6.07) is 3.87. The molecule has 2 aromatic rings. The molecule has 2 rings (SSSR count). The smallest absolute Gasteiger partial charge is 0.137 e. The second-order valence-corrected chi connectivity index (χ2v) is 6.09. The van der Waals surface area contributed by atoms with E-state index in [0.29, 0.717) is 10.8 Å². The van der Waals surface area contributed by atoms with Crippen LogP contribution < -0.4 is 11.1 Å². The summed E-state index contributed by atoms with van der Waals surface area (Å²) in [6.07, 6.45) is 1.87. The predicted octanol–water partition coefficient (Wildman–Crippen LogP) is 2.96. The summed E-state index contributed by atoms with van der Waals surface area (Å²) in [6.45, 7) is 6.03. The summed E-state index contributed by atoms with van der Waals surface area (Å²) in [5.41, 5.74) is 7.41. The van der Waals surface area contributed by atoms with Crippen molar-refractivity contribution in [3.63, 3.8) is 0 Å². The lowest BCUT2D eigenvalue weighted by molar-refractivity contribution is 0.858. The van der Waals surface area contributed by atoms with Crippen LogP contribution in [0, 0.1) is 13.8 Å². The largest absolute Gasteiger partial charge is 0.389 e. The predicted molar refractivity (Wildman–Crippen MR) is 83.8 cm³/mol. The number of pyridine rings is 1. The van der Waals surface area contributed by atoms with Crippen molar-refractivity contribution in [2.24, 2.45) is 5.73 Å². The van der Waals surface area contributed by atoms with Crippen molar-refractivity contribution in [3.8, 4) is 0 Å². The minimum Gasteiger partial charge on any atom is -0.389 e. The maximum absolute atomic E-state index is 5.72. The first-order valence-corrected chi connectivity index (χ1v) is 7.16. The molecule has 0 radical (unpaired) electrons. The van der Waals surface area contributed by atoms with Crippen molar-refractivity contribution in [1.82, 2.24) is 9.97 Å². The molecule has 2 aromatic heterocycles. The standard InChI is InChI=1S/C13H16N4S2/c1-7-4-5-10(11(14)18)12(16-7)17-9(3)13-15-6-8(2)19-13/h4-6,9H,1-3H3,(H2,14,18)(H,16,17). The number of thiocarbonyl (C=S) groups is 1.